The molecule has 0 saturated heterocycles. The standard InChI is InChI=1S/C24H29NO3/c1-14-11-16(7-8-17(14)22(27)28)21(26)25-20-13-19-18(12-15(20)2)23(3,4)9-10-24(19,5)6/h7-8,11-13H,9-10H2,1-6H3,(H,25,26)(H,27,28). The van der Waals surface area contributed by atoms with E-state index >= 15 is 0 Å². The number of fused-ring (bicyclic) bond motifs is 1. The number of hydrogen-bond donors (Lipinski definition) is 2. The van der Waals surface area contributed by atoms with Crippen LogP contribution in [0.25, 0.3) is 0 Å². The molecule has 0 atom stereocenters. The van der Waals surface area contributed by atoms with Gasteiger partial charge in [0, 0.05) is 11.3 Å². The van der Waals surface area contributed by atoms with E-state index in [4.69, 9.17) is 0 Å². The molecule has 0 bridgehead atoms. The molecule has 0 aliphatic heterocycles. The molecule has 0 saturated carbocycles. The molecular weight excluding hydrogens is 350 g/mol. The highest BCUT2D eigenvalue weighted by Crippen LogP contribution is 2.47. The van der Waals surface area contributed by atoms with Crippen molar-refractivity contribution in [1.29, 1.82) is 0 Å². The summed E-state index contributed by atoms with van der Waals surface area (Å²) in [5.41, 5.74) is 5.95. The molecule has 0 radical (unpaired) electrons. The van der Waals surface area contributed by atoms with Gasteiger partial charge < -0.3 is 10.4 Å². The Hall–Kier alpha value is -2.62. The second kappa shape index (κ2) is 6.77. The SMILES string of the molecule is Cc1cc2c(cc1NC(=O)c1ccc(C(=O)O)c(C)c1)C(C)(C)CCC2(C)C. The van der Waals surface area contributed by atoms with E-state index in [-0.39, 0.29) is 22.3 Å². The van der Waals surface area contributed by atoms with E-state index < -0.39 is 5.97 Å². The number of benzene rings is 2. The van der Waals surface area contributed by atoms with Crippen molar-refractivity contribution in [2.75, 3.05) is 5.32 Å². The van der Waals surface area contributed by atoms with E-state index in [1.54, 1.807) is 19.1 Å². The first kappa shape index (κ1) is 20.1. The first-order chi connectivity index (χ1) is 12.9. The maximum atomic E-state index is 12.8. The predicted octanol–water partition coefficient (Wildman–Crippen LogP) is 5.60. The van der Waals surface area contributed by atoms with Crippen LogP contribution in [0, 0.1) is 13.8 Å². The fraction of sp³-hybridized carbons (Fsp3) is 0.417. The third-order valence-corrected chi connectivity index (χ3v) is 6.16. The number of carbonyl (C=O) groups is 2. The van der Waals surface area contributed by atoms with Gasteiger partial charge in [-0.3, -0.25) is 4.79 Å². The molecule has 28 heavy (non-hydrogen) atoms. The number of aromatic carboxylic acids is 1. The zero-order valence-corrected chi connectivity index (χ0v) is 17.6. The van der Waals surface area contributed by atoms with Crippen LogP contribution in [-0.4, -0.2) is 17.0 Å². The highest BCUT2D eigenvalue weighted by Gasteiger charge is 2.37. The maximum absolute atomic E-state index is 12.8. The third kappa shape index (κ3) is 3.56. The topological polar surface area (TPSA) is 66.4 Å². The number of aryl methyl sites for hydroxylation is 2. The summed E-state index contributed by atoms with van der Waals surface area (Å²) in [4.78, 5) is 24.0. The monoisotopic (exact) mass is 379 g/mol. The Labute approximate surface area is 167 Å². The molecule has 4 nitrogen and oxygen atoms in total. The zero-order valence-electron chi connectivity index (χ0n) is 17.6. The Kier molecular flexibility index (Phi) is 4.86. The summed E-state index contributed by atoms with van der Waals surface area (Å²) in [6, 6.07) is 9.01. The van der Waals surface area contributed by atoms with Crippen LogP contribution in [0.1, 0.15) is 83.5 Å². The first-order valence-corrected chi connectivity index (χ1v) is 9.73. The van der Waals surface area contributed by atoms with Crippen molar-refractivity contribution in [3.8, 4) is 0 Å². The van der Waals surface area contributed by atoms with Gasteiger partial charge in [-0.25, -0.2) is 4.79 Å². The predicted molar refractivity (Wildman–Crippen MR) is 113 cm³/mol. The van der Waals surface area contributed by atoms with Gasteiger partial charge >= 0.3 is 5.97 Å². The molecule has 2 aromatic carbocycles. The van der Waals surface area contributed by atoms with Crippen LogP contribution in [0.4, 0.5) is 5.69 Å². The molecule has 2 aromatic rings. The lowest BCUT2D eigenvalue weighted by molar-refractivity contribution is 0.0695. The Morgan fingerprint density at radius 2 is 1.46 bits per heavy atom. The molecule has 1 amide bonds. The normalized spacial score (nSPS) is 16.9. The summed E-state index contributed by atoms with van der Waals surface area (Å²) >= 11 is 0. The van der Waals surface area contributed by atoms with Crippen LogP contribution >= 0.6 is 0 Å². The summed E-state index contributed by atoms with van der Waals surface area (Å²) in [6.07, 6.45) is 2.26. The molecule has 0 fully saturated rings. The van der Waals surface area contributed by atoms with Gasteiger partial charge in [-0.05, 0) is 84.0 Å². The second-order valence-electron chi connectivity index (χ2n) is 9.27. The number of carbonyl (C=O) groups excluding carboxylic acids is 1. The second-order valence-corrected chi connectivity index (χ2v) is 9.27. The van der Waals surface area contributed by atoms with E-state index in [0.29, 0.717) is 11.1 Å². The van der Waals surface area contributed by atoms with E-state index in [2.05, 4.69) is 45.1 Å². The quantitative estimate of drug-likeness (QED) is 0.729. The molecule has 0 spiro atoms. The van der Waals surface area contributed by atoms with Gasteiger partial charge in [0.2, 0.25) is 0 Å². The third-order valence-electron chi connectivity index (χ3n) is 6.16. The minimum Gasteiger partial charge on any atom is -0.478 e. The van der Waals surface area contributed by atoms with E-state index in [1.807, 2.05) is 6.92 Å². The number of carboxylic acid groups (broad SMARTS) is 1. The van der Waals surface area contributed by atoms with Crippen molar-refractivity contribution < 1.29 is 14.7 Å². The van der Waals surface area contributed by atoms with E-state index in [1.165, 1.54) is 17.2 Å². The van der Waals surface area contributed by atoms with Gasteiger partial charge in [-0.2, -0.15) is 0 Å². The molecule has 0 heterocycles. The van der Waals surface area contributed by atoms with Crippen LogP contribution in [0.15, 0.2) is 30.3 Å². The molecule has 0 aromatic heterocycles. The Bertz CT molecular complexity index is 970. The number of nitrogens with one attached hydrogen (secondary N) is 1. The van der Waals surface area contributed by atoms with Crippen molar-refractivity contribution >= 4 is 17.6 Å². The average Bonchev–Trinajstić information content (AvgIpc) is 2.60. The largest absolute Gasteiger partial charge is 0.478 e. The Morgan fingerprint density at radius 3 is 2.00 bits per heavy atom. The molecule has 2 N–H and O–H groups in total. The fourth-order valence-corrected chi connectivity index (χ4v) is 4.10. The summed E-state index contributed by atoms with van der Waals surface area (Å²) in [7, 11) is 0. The molecule has 0 unspecified atom stereocenters. The summed E-state index contributed by atoms with van der Waals surface area (Å²) in [5, 5.41) is 12.2. The van der Waals surface area contributed by atoms with Crippen molar-refractivity contribution in [3.05, 3.63) is 63.7 Å². The van der Waals surface area contributed by atoms with Gasteiger partial charge in [-0.15, -0.1) is 0 Å². The highest BCUT2D eigenvalue weighted by atomic mass is 16.4. The highest BCUT2D eigenvalue weighted by molar-refractivity contribution is 6.05. The number of hydrogen-bond acceptors (Lipinski definition) is 2. The van der Waals surface area contributed by atoms with Gasteiger partial charge in [0.05, 0.1) is 5.56 Å². The first-order valence-electron chi connectivity index (χ1n) is 9.73. The minimum atomic E-state index is -0.986. The molecule has 3 rings (SSSR count). The average molecular weight is 380 g/mol. The summed E-state index contributed by atoms with van der Waals surface area (Å²) < 4.78 is 0. The maximum Gasteiger partial charge on any atom is 0.335 e. The molecule has 1 aliphatic rings. The Balaban J connectivity index is 1.96. The molecule has 148 valence electrons. The Morgan fingerprint density at radius 1 is 0.893 bits per heavy atom. The van der Waals surface area contributed by atoms with Crippen molar-refractivity contribution in [1.82, 2.24) is 0 Å². The number of rotatable bonds is 3. The van der Waals surface area contributed by atoms with Crippen LogP contribution < -0.4 is 5.32 Å². The summed E-state index contributed by atoms with van der Waals surface area (Å²) in [5.74, 6) is -1.21. The smallest absolute Gasteiger partial charge is 0.335 e. The van der Waals surface area contributed by atoms with Crippen molar-refractivity contribution in [2.24, 2.45) is 0 Å². The zero-order chi connectivity index (χ0) is 20.9. The van der Waals surface area contributed by atoms with Crippen LogP contribution in [0.3, 0.4) is 0 Å². The lowest BCUT2D eigenvalue weighted by Gasteiger charge is -2.42. The van der Waals surface area contributed by atoms with Crippen LogP contribution in [-0.2, 0) is 10.8 Å². The minimum absolute atomic E-state index is 0.0672. The van der Waals surface area contributed by atoms with Gasteiger partial charge in [0.1, 0.15) is 0 Å². The van der Waals surface area contributed by atoms with Crippen molar-refractivity contribution in [3.63, 3.8) is 0 Å². The van der Waals surface area contributed by atoms with Crippen LogP contribution in [0.2, 0.25) is 0 Å². The number of anilines is 1. The number of carboxylic acids is 1. The molecule has 1 aliphatic carbocycles. The van der Waals surface area contributed by atoms with Gasteiger partial charge in [0.15, 0.2) is 0 Å². The fourth-order valence-electron chi connectivity index (χ4n) is 4.10. The molecular formula is C24H29NO3. The number of amides is 1. The van der Waals surface area contributed by atoms with Gasteiger partial charge in [0.25, 0.3) is 5.91 Å². The van der Waals surface area contributed by atoms with E-state index in [9.17, 15) is 14.7 Å². The van der Waals surface area contributed by atoms with Gasteiger partial charge in [-0.1, -0.05) is 33.8 Å². The lowest BCUT2D eigenvalue weighted by Crippen LogP contribution is -2.34. The van der Waals surface area contributed by atoms with Crippen LogP contribution in [0.5, 0.6) is 0 Å². The molecule has 4 heteroatoms. The summed E-state index contributed by atoms with van der Waals surface area (Å²) in [6.45, 7) is 12.8. The lowest BCUT2D eigenvalue weighted by atomic mass is 9.63. The van der Waals surface area contributed by atoms with E-state index in [0.717, 1.165) is 24.1 Å². The van der Waals surface area contributed by atoms with Crippen molar-refractivity contribution in [2.45, 2.75) is 65.2 Å².